The van der Waals surface area contributed by atoms with Gasteiger partial charge in [-0.1, -0.05) is 30.3 Å². The lowest BCUT2D eigenvalue weighted by Gasteiger charge is -2.13. The van der Waals surface area contributed by atoms with E-state index in [-0.39, 0.29) is 21.9 Å². The number of nitrogens with zero attached hydrogens (tertiary/aromatic N) is 1. The standard InChI is InChI=1S/C17H13F2NO/c1-2-20-9-8-14(21)12-10-13(18)15(16(19)17(12)20)11-6-4-3-5-7-11/h3-10H,2H2,1H3. The molecule has 0 amide bonds. The molecule has 0 fully saturated rings. The normalized spacial score (nSPS) is 11.0. The van der Waals surface area contributed by atoms with Gasteiger partial charge in [-0.15, -0.1) is 0 Å². The summed E-state index contributed by atoms with van der Waals surface area (Å²) in [7, 11) is 0. The van der Waals surface area contributed by atoms with Crippen molar-refractivity contribution >= 4 is 10.9 Å². The van der Waals surface area contributed by atoms with E-state index in [2.05, 4.69) is 0 Å². The van der Waals surface area contributed by atoms with E-state index in [1.54, 1.807) is 34.9 Å². The Morgan fingerprint density at radius 3 is 2.48 bits per heavy atom. The second-order valence-electron chi connectivity index (χ2n) is 4.78. The highest BCUT2D eigenvalue weighted by molar-refractivity contribution is 5.86. The van der Waals surface area contributed by atoms with Crippen molar-refractivity contribution in [1.29, 1.82) is 0 Å². The third-order valence-electron chi connectivity index (χ3n) is 3.55. The molecule has 0 unspecified atom stereocenters. The molecule has 0 radical (unpaired) electrons. The summed E-state index contributed by atoms with van der Waals surface area (Å²) in [5.74, 6) is -1.42. The second kappa shape index (κ2) is 5.13. The van der Waals surface area contributed by atoms with Crippen LogP contribution in [-0.2, 0) is 6.54 Å². The summed E-state index contributed by atoms with van der Waals surface area (Å²) in [6, 6.07) is 11.0. The van der Waals surface area contributed by atoms with E-state index in [0.29, 0.717) is 12.1 Å². The Hall–Kier alpha value is -2.49. The van der Waals surface area contributed by atoms with Crippen molar-refractivity contribution < 1.29 is 8.78 Å². The first-order valence-electron chi connectivity index (χ1n) is 6.70. The Kier molecular flexibility index (Phi) is 3.29. The number of aryl methyl sites for hydroxylation is 1. The molecule has 0 atom stereocenters. The van der Waals surface area contributed by atoms with Crippen LogP contribution in [-0.4, -0.2) is 4.57 Å². The number of hydrogen-bond acceptors (Lipinski definition) is 1. The zero-order chi connectivity index (χ0) is 15.0. The van der Waals surface area contributed by atoms with Gasteiger partial charge in [0, 0.05) is 18.8 Å². The largest absolute Gasteiger partial charge is 0.345 e. The van der Waals surface area contributed by atoms with Gasteiger partial charge in [-0.3, -0.25) is 4.79 Å². The van der Waals surface area contributed by atoms with E-state index in [1.807, 2.05) is 6.92 Å². The van der Waals surface area contributed by atoms with Crippen LogP contribution in [0.3, 0.4) is 0 Å². The fraction of sp³-hybridized carbons (Fsp3) is 0.118. The third kappa shape index (κ3) is 2.13. The van der Waals surface area contributed by atoms with Gasteiger partial charge in [-0.2, -0.15) is 0 Å². The predicted molar refractivity (Wildman–Crippen MR) is 79.2 cm³/mol. The lowest BCUT2D eigenvalue weighted by atomic mass is 10.0. The summed E-state index contributed by atoms with van der Waals surface area (Å²) >= 11 is 0. The maximum Gasteiger partial charge on any atom is 0.189 e. The van der Waals surface area contributed by atoms with Gasteiger partial charge in [0.05, 0.1) is 16.5 Å². The number of halogens is 2. The first-order chi connectivity index (χ1) is 10.1. The van der Waals surface area contributed by atoms with Gasteiger partial charge in [0.2, 0.25) is 0 Å². The Morgan fingerprint density at radius 2 is 1.81 bits per heavy atom. The number of aromatic nitrogens is 1. The molecule has 21 heavy (non-hydrogen) atoms. The number of hydrogen-bond donors (Lipinski definition) is 0. The summed E-state index contributed by atoms with van der Waals surface area (Å²) < 4.78 is 30.7. The predicted octanol–water partition coefficient (Wildman–Crippen LogP) is 3.97. The van der Waals surface area contributed by atoms with E-state index in [1.165, 1.54) is 12.3 Å². The molecule has 0 aliphatic carbocycles. The molecule has 106 valence electrons. The molecule has 0 saturated heterocycles. The average molecular weight is 285 g/mol. The maximum absolute atomic E-state index is 14.8. The molecule has 0 bridgehead atoms. The molecule has 3 aromatic rings. The van der Waals surface area contributed by atoms with Crippen LogP contribution < -0.4 is 5.43 Å². The molecule has 3 rings (SSSR count). The van der Waals surface area contributed by atoms with Gasteiger partial charge in [-0.25, -0.2) is 8.78 Å². The van der Waals surface area contributed by atoms with Crippen molar-refractivity contribution in [2.45, 2.75) is 13.5 Å². The van der Waals surface area contributed by atoms with Crippen molar-refractivity contribution in [3.63, 3.8) is 0 Å². The van der Waals surface area contributed by atoms with Gasteiger partial charge in [0.25, 0.3) is 0 Å². The number of benzene rings is 2. The fourth-order valence-electron chi connectivity index (χ4n) is 2.53. The highest BCUT2D eigenvalue weighted by Crippen LogP contribution is 2.30. The molecular formula is C17H13F2NO. The van der Waals surface area contributed by atoms with Crippen molar-refractivity contribution in [1.82, 2.24) is 4.57 Å². The minimum absolute atomic E-state index is 0.0639. The topological polar surface area (TPSA) is 22.0 Å². The van der Waals surface area contributed by atoms with Crippen molar-refractivity contribution in [2.75, 3.05) is 0 Å². The number of pyridine rings is 1. The van der Waals surface area contributed by atoms with Gasteiger partial charge < -0.3 is 4.57 Å². The minimum atomic E-state index is -0.725. The Balaban J connectivity index is 2.46. The zero-order valence-electron chi connectivity index (χ0n) is 11.4. The smallest absolute Gasteiger partial charge is 0.189 e. The van der Waals surface area contributed by atoms with E-state index in [4.69, 9.17) is 0 Å². The van der Waals surface area contributed by atoms with Crippen molar-refractivity contribution in [2.24, 2.45) is 0 Å². The Morgan fingerprint density at radius 1 is 1.10 bits per heavy atom. The van der Waals surface area contributed by atoms with Crippen LogP contribution in [0.4, 0.5) is 8.78 Å². The van der Waals surface area contributed by atoms with Gasteiger partial charge >= 0.3 is 0 Å². The van der Waals surface area contributed by atoms with E-state index >= 15 is 0 Å². The summed E-state index contributed by atoms with van der Waals surface area (Å²) in [5, 5.41) is 0.0639. The first-order valence-corrected chi connectivity index (χ1v) is 6.70. The van der Waals surface area contributed by atoms with Gasteiger partial charge in [0.15, 0.2) is 11.2 Å². The lowest BCUT2D eigenvalue weighted by molar-refractivity contribution is 0.590. The van der Waals surface area contributed by atoms with Crippen LogP contribution >= 0.6 is 0 Å². The molecule has 0 spiro atoms. The van der Waals surface area contributed by atoms with E-state index in [0.717, 1.165) is 6.07 Å². The quantitative estimate of drug-likeness (QED) is 0.698. The highest BCUT2D eigenvalue weighted by Gasteiger charge is 2.18. The summed E-state index contributed by atoms with van der Waals surface area (Å²) in [5.41, 5.74) is 0.113. The lowest BCUT2D eigenvalue weighted by Crippen LogP contribution is -2.10. The second-order valence-corrected chi connectivity index (χ2v) is 4.78. The van der Waals surface area contributed by atoms with Crippen molar-refractivity contribution in [3.8, 4) is 11.1 Å². The van der Waals surface area contributed by atoms with Crippen LogP contribution in [0.25, 0.3) is 22.0 Å². The van der Waals surface area contributed by atoms with E-state index < -0.39 is 11.6 Å². The van der Waals surface area contributed by atoms with Crippen LogP contribution in [0.5, 0.6) is 0 Å². The van der Waals surface area contributed by atoms with Crippen LogP contribution in [0.2, 0.25) is 0 Å². The highest BCUT2D eigenvalue weighted by atomic mass is 19.1. The molecule has 2 aromatic carbocycles. The van der Waals surface area contributed by atoms with Crippen molar-refractivity contribution in [3.05, 3.63) is 70.5 Å². The van der Waals surface area contributed by atoms with E-state index in [9.17, 15) is 13.6 Å². The first kappa shape index (κ1) is 13.5. The molecule has 0 aliphatic heterocycles. The van der Waals surface area contributed by atoms with Crippen LogP contribution in [0, 0.1) is 11.6 Å². The SMILES string of the molecule is CCn1ccc(=O)c2cc(F)c(-c3ccccc3)c(F)c21. The number of rotatable bonds is 2. The molecular weight excluding hydrogens is 272 g/mol. The molecule has 1 heterocycles. The third-order valence-corrected chi connectivity index (χ3v) is 3.55. The summed E-state index contributed by atoms with van der Waals surface area (Å²) in [6.07, 6.45) is 1.53. The monoisotopic (exact) mass is 285 g/mol. The van der Waals surface area contributed by atoms with Gasteiger partial charge in [0.1, 0.15) is 5.82 Å². The molecule has 2 nitrogen and oxygen atoms in total. The maximum atomic E-state index is 14.8. The van der Waals surface area contributed by atoms with Gasteiger partial charge in [-0.05, 0) is 18.6 Å². The van der Waals surface area contributed by atoms with Crippen LogP contribution in [0.1, 0.15) is 6.92 Å². The number of fused-ring (bicyclic) bond motifs is 1. The molecule has 0 saturated carbocycles. The molecule has 0 aliphatic rings. The van der Waals surface area contributed by atoms with Crippen LogP contribution in [0.15, 0.2) is 53.5 Å². The summed E-state index contributed by atoms with van der Waals surface area (Å²) in [6.45, 7) is 2.34. The molecule has 4 heteroatoms. The summed E-state index contributed by atoms with van der Waals surface area (Å²) in [4.78, 5) is 11.9. The minimum Gasteiger partial charge on any atom is -0.345 e. The average Bonchev–Trinajstić information content (AvgIpc) is 2.49. The Bertz CT molecular complexity index is 869. The molecule has 0 N–H and O–H groups in total. The molecule has 1 aromatic heterocycles. The fourth-order valence-corrected chi connectivity index (χ4v) is 2.53. The zero-order valence-corrected chi connectivity index (χ0v) is 11.4. The Labute approximate surface area is 120 Å².